The van der Waals surface area contributed by atoms with Crippen LogP contribution in [0.1, 0.15) is 28.6 Å². The Labute approximate surface area is 99.3 Å². The lowest BCUT2D eigenvalue weighted by Crippen LogP contribution is -2.21. The van der Waals surface area contributed by atoms with Crippen LogP contribution in [0, 0.1) is 19.7 Å². The van der Waals surface area contributed by atoms with Crippen molar-refractivity contribution in [1.29, 1.82) is 0 Å². The largest absolute Gasteiger partial charge is 0.307 e. The number of nitrogens with one attached hydrogen (secondary N) is 2. The summed E-state index contributed by atoms with van der Waals surface area (Å²) in [5, 5.41) is 9.61. The molecular weight excluding hydrogens is 219 g/mol. The van der Waals surface area contributed by atoms with E-state index in [4.69, 9.17) is 0 Å². The van der Waals surface area contributed by atoms with E-state index in [1.807, 2.05) is 19.9 Å². The highest BCUT2D eigenvalue weighted by atomic mass is 19.1. The van der Waals surface area contributed by atoms with Crippen molar-refractivity contribution in [2.45, 2.75) is 19.9 Å². The predicted octanol–water partition coefficient (Wildman–Crippen LogP) is 1.87. The van der Waals surface area contributed by atoms with Gasteiger partial charge in [-0.2, -0.15) is 5.10 Å². The number of H-pyrrole nitrogens is 1. The van der Waals surface area contributed by atoms with Crippen LogP contribution in [0.25, 0.3) is 0 Å². The van der Waals surface area contributed by atoms with E-state index in [1.165, 1.54) is 12.4 Å². The van der Waals surface area contributed by atoms with Gasteiger partial charge < -0.3 is 5.32 Å². The van der Waals surface area contributed by atoms with Crippen molar-refractivity contribution in [3.05, 3.63) is 46.8 Å². The van der Waals surface area contributed by atoms with Gasteiger partial charge in [-0.25, -0.2) is 9.37 Å². The first-order valence-corrected chi connectivity index (χ1v) is 5.42. The number of hydrogen-bond donors (Lipinski definition) is 2. The SMILES string of the molecule is CNC(c1ncn[nH]1)c1c(C)cc(C)cc1F. The maximum Gasteiger partial charge on any atom is 0.146 e. The van der Waals surface area contributed by atoms with Gasteiger partial charge >= 0.3 is 0 Å². The number of rotatable bonds is 3. The topological polar surface area (TPSA) is 53.6 Å². The average molecular weight is 234 g/mol. The zero-order valence-corrected chi connectivity index (χ0v) is 10.1. The van der Waals surface area contributed by atoms with E-state index in [0.717, 1.165) is 11.1 Å². The van der Waals surface area contributed by atoms with Crippen molar-refractivity contribution in [3.63, 3.8) is 0 Å². The molecule has 0 aliphatic carbocycles. The van der Waals surface area contributed by atoms with Crippen LogP contribution in [-0.2, 0) is 0 Å². The molecule has 0 aliphatic heterocycles. The Kier molecular flexibility index (Phi) is 3.19. The Morgan fingerprint density at radius 3 is 2.65 bits per heavy atom. The van der Waals surface area contributed by atoms with Crippen molar-refractivity contribution in [2.24, 2.45) is 0 Å². The normalized spacial score (nSPS) is 12.7. The summed E-state index contributed by atoms with van der Waals surface area (Å²) in [5.41, 5.74) is 2.42. The number of hydrogen-bond acceptors (Lipinski definition) is 3. The molecule has 2 rings (SSSR count). The van der Waals surface area contributed by atoms with Gasteiger partial charge in [-0.05, 0) is 38.1 Å². The van der Waals surface area contributed by atoms with Gasteiger partial charge in [0.05, 0.1) is 6.04 Å². The Morgan fingerprint density at radius 2 is 2.12 bits per heavy atom. The maximum atomic E-state index is 14.0. The van der Waals surface area contributed by atoms with Gasteiger partial charge in [0.2, 0.25) is 0 Å². The third-order valence-corrected chi connectivity index (χ3v) is 2.77. The first-order chi connectivity index (χ1) is 8.13. The second-order valence-electron chi connectivity index (χ2n) is 4.07. The van der Waals surface area contributed by atoms with E-state index in [0.29, 0.717) is 11.4 Å². The van der Waals surface area contributed by atoms with Gasteiger partial charge in [0, 0.05) is 5.56 Å². The van der Waals surface area contributed by atoms with Gasteiger partial charge in [0.25, 0.3) is 0 Å². The van der Waals surface area contributed by atoms with Crippen LogP contribution < -0.4 is 5.32 Å². The molecule has 1 aromatic heterocycles. The number of aromatic nitrogens is 3. The van der Waals surface area contributed by atoms with Crippen LogP contribution in [0.2, 0.25) is 0 Å². The third-order valence-electron chi connectivity index (χ3n) is 2.77. The first-order valence-electron chi connectivity index (χ1n) is 5.42. The number of nitrogens with zero attached hydrogens (tertiary/aromatic N) is 2. The summed E-state index contributed by atoms with van der Waals surface area (Å²) in [4.78, 5) is 4.07. The lowest BCUT2D eigenvalue weighted by atomic mass is 9.98. The number of benzene rings is 1. The van der Waals surface area contributed by atoms with Gasteiger partial charge in [-0.3, -0.25) is 5.10 Å². The number of aryl methyl sites for hydroxylation is 2. The highest BCUT2D eigenvalue weighted by Gasteiger charge is 2.21. The average Bonchev–Trinajstić information content (AvgIpc) is 2.76. The summed E-state index contributed by atoms with van der Waals surface area (Å²) < 4.78 is 14.0. The highest BCUT2D eigenvalue weighted by Crippen LogP contribution is 2.25. The van der Waals surface area contributed by atoms with Crippen molar-refractivity contribution in [1.82, 2.24) is 20.5 Å². The summed E-state index contributed by atoms with van der Waals surface area (Å²) in [5.74, 6) is 0.386. The number of halogens is 1. The molecule has 0 saturated carbocycles. The quantitative estimate of drug-likeness (QED) is 0.852. The van der Waals surface area contributed by atoms with Gasteiger partial charge in [-0.15, -0.1) is 0 Å². The Hall–Kier alpha value is -1.75. The lowest BCUT2D eigenvalue weighted by molar-refractivity contribution is 0.560. The fourth-order valence-corrected chi connectivity index (χ4v) is 2.06. The van der Waals surface area contributed by atoms with E-state index in [1.54, 1.807) is 7.05 Å². The van der Waals surface area contributed by atoms with Gasteiger partial charge in [0.15, 0.2) is 0 Å². The molecule has 0 amide bonds. The lowest BCUT2D eigenvalue weighted by Gasteiger charge is -2.17. The molecule has 0 aliphatic rings. The fraction of sp³-hybridized carbons (Fsp3) is 0.333. The molecule has 1 heterocycles. The molecule has 0 spiro atoms. The third kappa shape index (κ3) is 2.19. The standard InChI is InChI=1S/C12H15FN4/c1-7-4-8(2)10(9(13)5-7)11(14-3)12-15-6-16-17-12/h4-6,11,14H,1-3H3,(H,15,16,17). The molecule has 0 bridgehead atoms. The minimum absolute atomic E-state index is 0.224. The Morgan fingerprint density at radius 1 is 1.35 bits per heavy atom. The summed E-state index contributed by atoms with van der Waals surface area (Å²) in [6.45, 7) is 3.77. The van der Waals surface area contributed by atoms with Crippen molar-refractivity contribution >= 4 is 0 Å². The van der Waals surface area contributed by atoms with Crippen molar-refractivity contribution in [3.8, 4) is 0 Å². The molecule has 17 heavy (non-hydrogen) atoms. The minimum Gasteiger partial charge on any atom is -0.307 e. The zero-order chi connectivity index (χ0) is 12.4. The Bertz CT molecular complexity index is 484. The van der Waals surface area contributed by atoms with Gasteiger partial charge in [-0.1, -0.05) is 6.07 Å². The van der Waals surface area contributed by atoms with E-state index in [2.05, 4.69) is 20.5 Å². The molecule has 2 N–H and O–H groups in total. The van der Waals surface area contributed by atoms with Crippen LogP contribution in [0.4, 0.5) is 4.39 Å². The maximum absolute atomic E-state index is 14.0. The summed E-state index contributed by atoms with van der Waals surface area (Å²) in [7, 11) is 1.77. The zero-order valence-electron chi connectivity index (χ0n) is 10.1. The van der Waals surface area contributed by atoms with E-state index >= 15 is 0 Å². The highest BCUT2D eigenvalue weighted by molar-refractivity contribution is 5.36. The fourth-order valence-electron chi connectivity index (χ4n) is 2.06. The summed E-state index contributed by atoms with van der Waals surface area (Å²) >= 11 is 0. The predicted molar refractivity (Wildman–Crippen MR) is 63.2 cm³/mol. The molecule has 0 radical (unpaired) electrons. The molecule has 0 fully saturated rings. The molecule has 2 aromatic rings. The molecule has 1 unspecified atom stereocenters. The molecule has 5 heteroatoms. The molecular formula is C12H15FN4. The van der Waals surface area contributed by atoms with Crippen LogP contribution in [-0.4, -0.2) is 22.2 Å². The van der Waals surface area contributed by atoms with Gasteiger partial charge in [0.1, 0.15) is 18.0 Å². The second kappa shape index (κ2) is 4.63. The minimum atomic E-state index is -0.307. The first kappa shape index (κ1) is 11.7. The number of aromatic amines is 1. The molecule has 1 aromatic carbocycles. The van der Waals surface area contributed by atoms with E-state index in [-0.39, 0.29) is 11.9 Å². The molecule has 0 saturated heterocycles. The van der Waals surface area contributed by atoms with Crippen LogP contribution >= 0.6 is 0 Å². The monoisotopic (exact) mass is 234 g/mol. The molecule has 4 nitrogen and oxygen atoms in total. The van der Waals surface area contributed by atoms with Crippen molar-refractivity contribution in [2.75, 3.05) is 7.05 Å². The molecule has 1 atom stereocenters. The Balaban J connectivity index is 2.52. The molecule has 90 valence electrons. The smallest absolute Gasteiger partial charge is 0.146 e. The van der Waals surface area contributed by atoms with Crippen LogP contribution in [0.5, 0.6) is 0 Å². The second-order valence-corrected chi connectivity index (χ2v) is 4.07. The van der Waals surface area contributed by atoms with E-state index in [9.17, 15) is 4.39 Å². The van der Waals surface area contributed by atoms with E-state index < -0.39 is 0 Å². The van der Waals surface area contributed by atoms with Crippen molar-refractivity contribution < 1.29 is 4.39 Å². The summed E-state index contributed by atoms with van der Waals surface area (Å²) in [6.07, 6.45) is 1.42. The van der Waals surface area contributed by atoms with Crippen LogP contribution in [0.3, 0.4) is 0 Å². The summed E-state index contributed by atoms with van der Waals surface area (Å²) in [6, 6.07) is 3.18. The van der Waals surface area contributed by atoms with Crippen LogP contribution in [0.15, 0.2) is 18.5 Å².